The molecule has 6 heteroatoms. The van der Waals surface area contributed by atoms with E-state index < -0.39 is 0 Å². The fourth-order valence-corrected chi connectivity index (χ4v) is 3.10. The van der Waals surface area contributed by atoms with Crippen LogP contribution in [0.5, 0.6) is 0 Å². The normalized spacial score (nSPS) is 11.2. The van der Waals surface area contributed by atoms with E-state index in [1.54, 1.807) is 27.6 Å². The molecule has 0 atom stereocenters. The number of nitrogens with zero attached hydrogens (tertiary/aromatic N) is 4. The molecule has 0 saturated carbocycles. The number of aryl methyl sites for hydroxylation is 2. The second-order valence-corrected chi connectivity index (χ2v) is 6.56. The zero-order valence-corrected chi connectivity index (χ0v) is 15.2. The van der Waals surface area contributed by atoms with Crippen LogP contribution in [0, 0.1) is 6.92 Å². The molecule has 0 N–H and O–H groups in total. The summed E-state index contributed by atoms with van der Waals surface area (Å²) in [5.41, 5.74) is 3.20. The third-order valence-corrected chi connectivity index (χ3v) is 4.60. The Labute approximate surface area is 155 Å². The van der Waals surface area contributed by atoms with Gasteiger partial charge >= 0.3 is 0 Å². The largest absolute Gasteiger partial charge is 0.269 e. The first kappa shape index (κ1) is 16.5. The first-order chi connectivity index (χ1) is 12.6. The molecule has 4 rings (SSSR count). The Morgan fingerprint density at radius 1 is 1.00 bits per heavy atom. The van der Waals surface area contributed by atoms with E-state index in [4.69, 9.17) is 16.6 Å². The van der Waals surface area contributed by atoms with E-state index in [9.17, 15) is 4.79 Å². The molecule has 2 aromatic heterocycles. The molecule has 0 radical (unpaired) electrons. The number of hydrogen-bond acceptors (Lipinski definition) is 3. The van der Waals surface area contributed by atoms with E-state index in [1.807, 2.05) is 50.2 Å². The van der Waals surface area contributed by atoms with Crippen LogP contribution < -0.4 is 5.56 Å². The van der Waals surface area contributed by atoms with E-state index in [-0.39, 0.29) is 5.56 Å². The highest BCUT2D eigenvalue weighted by atomic mass is 35.5. The van der Waals surface area contributed by atoms with Gasteiger partial charge in [-0.05, 0) is 43.3 Å². The molecule has 0 fully saturated rings. The molecule has 0 aliphatic rings. The van der Waals surface area contributed by atoms with Crippen LogP contribution in [0.1, 0.15) is 18.3 Å². The maximum atomic E-state index is 13.1. The smallest absolute Gasteiger partial charge is 0.268 e. The van der Waals surface area contributed by atoms with Crippen LogP contribution >= 0.6 is 11.6 Å². The van der Waals surface area contributed by atoms with E-state index in [1.165, 1.54) is 0 Å². The van der Waals surface area contributed by atoms with Crippen LogP contribution in [0.4, 0.5) is 0 Å². The van der Waals surface area contributed by atoms with Gasteiger partial charge in [0.1, 0.15) is 11.2 Å². The number of halogens is 1. The molecule has 2 aromatic carbocycles. The highest BCUT2D eigenvalue weighted by molar-refractivity contribution is 6.30. The Morgan fingerprint density at radius 2 is 1.65 bits per heavy atom. The monoisotopic (exact) mass is 364 g/mol. The van der Waals surface area contributed by atoms with Crippen LogP contribution in [-0.2, 0) is 6.42 Å². The SMILES string of the molecule is CCc1nc2c(cnn2-c2ccc(Cl)cc2)c(=O)n1-c1ccc(C)cc1. The second-order valence-electron chi connectivity index (χ2n) is 6.13. The predicted octanol–water partition coefficient (Wildman–Crippen LogP) is 4.10. The summed E-state index contributed by atoms with van der Waals surface area (Å²) >= 11 is 5.97. The van der Waals surface area contributed by atoms with Gasteiger partial charge in [0, 0.05) is 11.4 Å². The standard InChI is InChI=1S/C20H17ClN4O/c1-3-18-23-19-17(12-22-25(19)16-10-6-14(21)7-11-16)20(26)24(18)15-8-4-13(2)5-9-15/h4-12H,3H2,1-2H3. The minimum atomic E-state index is -0.115. The lowest BCUT2D eigenvalue weighted by molar-refractivity contribution is 0.817. The third-order valence-electron chi connectivity index (χ3n) is 4.35. The maximum Gasteiger partial charge on any atom is 0.269 e. The summed E-state index contributed by atoms with van der Waals surface area (Å²) in [6, 6.07) is 15.1. The van der Waals surface area contributed by atoms with Gasteiger partial charge in [0.25, 0.3) is 5.56 Å². The van der Waals surface area contributed by atoms with Crippen molar-refractivity contribution in [2.24, 2.45) is 0 Å². The molecule has 26 heavy (non-hydrogen) atoms. The van der Waals surface area contributed by atoms with Gasteiger partial charge in [-0.2, -0.15) is 5.10 Å². The van der Waals surface area contributed by atoms with Gasteiger partial charge in [0.2, 0.25) is 0 Å². The second kappa shape index (κ2) is 6.42. The molecule has 0 bridgehead atoms. The number of benzene rings is 2. The third kappa shape index (κ3) is 2.70. The highest BCUT2D eigenvalue weighted by Gasteiger charge is 2.16. The molecule has 0 aliphatic carbocycles. The molecule has 2 heterocycles. The van der Waals surface area contributed by atoms with E-state index in [0.29, 0.717) is 28.3 Å². The van der Waals surface area contributed by atoms with Crippen LogP contribution in [-0.4, -0.2) is 19.3 Å². The molecule has 0 amide bonds. The average Bonchev–Trinajstić information content (AvgIpc) is 3.07. The molecule has 5 nitrogen and oxygen atoms in total. The summed E-state index contributed by atoms with van der Waals surface area (Å²) in [7, 11) is 0. The van der Waals surface area contributed by atoms with Crippen molar-refractivity contribution in [1.82, 2.24) is 19.3 Å². The van der Waals surface area contributed by atoms with Gasteiger partial charge < -0.3 is 0 Å². The number of fused-ring (bicyclic) bond motifs is 1. The topological polar surface area (TPSA) is 52.7 Å². The first-order valence-electron chi connectivity index (χ1n) is 8.41. The average molecular weight is 365 g/mol. The molecule has 0 saturated heterocycles. The molecule has 0 aliphatic heterocycles. The van der Waals surface area contributed by atoms with Crippen LogP contribution in [0.15, 0.2) is 59.5 Å². The van der Waals surface area contributed by atoms with Crippen molar-refractivity contribution in [3.63, 3.8) is 0 Å². The Balaban J connectivity index is 1.97. The zero-order chi connectivity index (χ0) is 18.3. The van der Waals surface area contributed by atoms with Crippen molar-refractivity contribution >= 4 is 22.6 Å². The summed E-state index contributed by atoms with van der Waals surface area (Å²) < 4.78 is 3.33. The first-order valence-corrected chi connectivity index (χ1v) is 8.79. The lowest BCUT2D eigenvalue weighted by Gasteiger charge is -2.12. The van der Waals surface area contributed by atoms with Crippen molar-refractivity contribution in [3.8, 4) is 11.4 Å². The lowest BCUT2D eigenvalue weighted by atomic mass is 10.2. The van der Waals surface area contributed by atoms with E-state index in [0.717, 1.165) is 16.9 Å². The highest BCUT2D eigenvalue weighted by Crippen LogP contribution is 2.19. The Kier molecular flexibility index (Phi) is 4.09. The van der Waals surface area contributed by atoms with Gasteiger partial charge in [-0.1, -0.05) is 36.2 Å². The van der Waals surface area contributed by atoms with Crippen LogP contribution in [0.25, 0.3) is 22.4 Å². The zero-order valence-electron chi connectivity index (χ0n) is 14.5. The van der Waals surface area contributed by atoms with E-state index in [2.05, 4.69) is 5.10 Å². The van der Waals surface area contributed by atoms with Gasteiger partial charge in [0.15, 0.2) is 5.65 Å². The minimum Gasteiger partial charge on any atom is -0.268 e. The van der Waals surface area contributed by atoms with Crippen molar-refractivity contribution in [2.45, 2.75) is 20.3 Å². The molecular weight excluding hydrogens is 348 g/mol. The van der Waals surface area contributed by atoms with Gasteiger partial charge in [0.05, 0.1) is 17.6 Å². The quantitative estimate of drug-likeness (QED) is 0.550. The number of hydrogen-bond donors (Lipinski definition) is 0. The summed E-state index contributed by atoms with van der Waals surface area (Å²) in [6.45, 7) is 4.01. The lowest BCUT2D eigenvalue weighted by Crippen LogP contribution is -2.23. The number of rotatable bonds is 3. The Bertz CT molecular complexity index is 1140. The van der Waals surface area contributed by atoms with Crippen molar-refractivity contribution in [2.75, 3.05) is 0 Å². The van der Waals surface area contributed by atoms with Gasteiger partial charge in [-0.15, -0.1) is 0 Å². The molecule has 4 aromatic rings. The van der Waals surface area contributed by atoms with Crippen molar-refractivity contribution < 1.29 is 0 Å². The molecule has 130 valence electrons. The van der Waals surface area contributed by atoms with Crippen molar-refractivity contribution in [3.05, 3.63) is 81.5 Å². The summed E-state index contributed by atoms with van der Waals surface area (Å²) in [5, 5.41) is 5.51. The summed E-state index contributed by atoms with van der Waals surface area (Å²) in [4.78, 5) is 17.9. The fourth-order valence-electron chi connectivity index (χ4n) is 2.98. The maximum absolute atomic E-state index is 13.1. The van der Waals surface area contributed by atoms with Gasteiger partial charge in [-0.25, -0.2) is 9.67 Å². The molecule has 0 unspecified atom stereocenters. The molecular formula is C20H17ClN4O. The van der Waals surface area contributed by atoms with E-state index >= 15 is 0 Å². The summed E-state index contributed by atoms with van der Waals surface area (Å²) in [6.07, 6.45) is 2.20. The molecule has 0 spiro atoms. The fraction of sp³-hybridized carbons (Fsp3) is 0.150. The predicted molar refractivity (Wildman–Crippen MR) is 104 cm³/mol. The Morgan fingerprint density at radius 3 is 2.31 bits per heavy atom. The van der Waals surface area contributed by atoms with Gasteiger partial charge in [-0.3, -0.25) is 9.36 Å². The van der Waals surface area contributed by atoms with Crippen molar-refractivity contribution in [1.29, 1.82) is 0 Å². The van der Waals surface area contributed by atoms with Crippen LogP contribution in [0.2, 0.25) is 5.02 Å². The number of aromatic nitrogens is 4. The minimum absolute atomic E-state index is 0.115. The Hall–Kier alpha value is -2.92. The summed E-state index contributed by atoms with van der Waals surface area (Å²) in [5.74, 6) is 0.696. The van der Waals surface area contributed by atoms with Crippen LogP contribution in [0.3, 0.4) is 0 Å².